The third kappa shape index (κ3) is 6.90. The van der Waals surface area contributed by atoms with Crippen molar-refractivity contribution in [2.24, 2.45) is 0 Å². The molecule has 2 aliphatic rings. The molecule has 0 saturated carbocycles. The molecule has 4 rings (SSSR count). The average Bonchev–Trinajstić information content (AvgIpc) is 3.10. The number of aromatic nitrogens is 3. The van der Waals surface area contributed by atoms with E-state index in [0.29, 0.717) is 12.4 Å². The van der Waals surface area contributed by atoms with Gasteiger partial charge in [-0.25, -0.2) is 19.7 Å². The summed E-state index contributed by atoms with van der Waals surface area (Å²) in [4.78, 5) is 28.5. The van der Waals surface area contributed by atoms with Gasteiger partial charge < -0.3 is 29.6 Å². The second kappa shape index (κ2) is 10.8. The molecule has 0 amide bonds. The molecule has 0 aromatic carbocycles. The van der Waals surface area contributed by atoms with E-state index in [0.717, 1.165) is 37.7 Å². The van der Waals surface area contributed by atoms with Crippen LogP contribution >= 0.6 is 0 Å². The molecule has 4 heterocycles. The Labute approximate surface area is 194 Å². The van der Waals surface area contributed by atoms with Crippen LogP contribution in [0, 0.1) is 0 Å². The molecule has 0 spiro atoms. The normalized spacial score (nSPS) is 20.6. The highest BCUT2D eigenvalue weighted by atomic mass is 19.4. The Bertz CT molecular complexity index is 944. The van der Waals surface area contributed by atoms with Crippen LogP contribution in [0.2, 0.25) is 0 Å². The number of aliphatic carboxylic acids is 1. The minimum absolute atomic E-state index is 0.119. The monoisotopic (exact) mass is 484 g/mol. The Morgan fingerprint density at radius 3 is 2.44 bits per heavy atom. The van der Waals surface area contributed by atoms with Crippen LogP contribution in [0.3, 0.4) is 0 Å². The smallest absolute Gasteiger partial charge is 0.475 e. The summed E-state index contributed by atoms with van der Waals surface area (Å²) >= 11 is 0. The van der Waals surface area contributed by atoms with Gasteiger partial charge in [-0.15, -0.1) is 0 Å². The number of halogens is 3. The first kappa shape index (κ1) is 25.4. The summed E-state index contributed by atoms with van der Waals surface area (Å²) in [6.07, 6.45) is -1.17. The van der Waals surface area contributed by atoms with Crippen molar-refractivity contribution in [3.8, 4) is 5.88 Å². The second-order valence-electron chi connectivity index (χ2n) is 8.31. The first-order valence-electron chi connectivity index (χ1n) is 10.6. The zero-order valence-corrected chi connectivity index (χ0v) is 18.8. The SMILES string of the molecule is CN(C)C[C@H]1C[C@@H](O)CN1c1cc(N2CC(Oc3ccccn3)C2)ncn1.O=C(O)C(F)(F)F. The Morgan fingerprint density at radius 2 is 1.85 bits per heavy atom. The number of ether oxygens (including phenoxy) is 1. The molecule has 2 aromatic heterocycles. The molecule has 0 bridgehead atoms. The Kier molecular flexibility index (Phi) is 8.10. The number of anilines is 2. The van der Waals surface area contributed by atoms with Gasteiger partial charge in [-0.2, -0.15) is 13.2 Å². The topological polar surface area (TPSA) is 115 Å². The van der Waals surface area contributed by atoms with Crippen LogP contribution in [0.25, 0.3) is 0 Å². The number of carboxylic acids is 1. The molecule has 186 valence electrons. The molecule has 34 heavy (non-hydrogen) atoms. The third-order valence-electron chi connectivity index (χ3n) is 5.24. The predicted molar refractivity (Wildman–Crippen MR) is 117 cm³/mol. The van der Waals surface area contributed by atoms with Gasteiger partial charge in [-0.1, -0.05) is 6.07 Å². The minimum Gasteiger partial charge on any atom is -0.475 e. The Morgan fingerprint density at radius 1 is 1.18 bits per heavy atom. The summed E-state index contributed by atoms with van der Waals surface area (Å²) in [5.41, 5.74) is 0. The molecular formula is C21H27F3N6O4. The Hall–Kier alpha value is -3.19. The number of rotatable bonds is 6. The maximum absolute atomic E-state index is 10.6. The van der Waals surface area contributed by atoms with E-state index in [2.05, 4.69) is 43.7 Å². The molecule has 2 atom stereocenters. The van der Waals surface area contributed by atoms with Gasteiger partial charge in [-0.05, 0) is 26.6 Å². The lowest BCUT2D eigenvalue weighted by Gasteiger charge is -2.39. The quantitative estimate of drug-likeness (QED) is 0.621. The summed E-state index contributed by atoms with van der Waals surface area (Å²) in [5, 5.41) is 17.2. The molecule has 13 heteroatoms. The summed E-state index contributed by atoms with van der Waals surface area (Å²) in [6, 6.07) is 7.94. The maximum atomic E-state index is 10.6. The number of aliphatic hydroxyl groups is 1. The zero-order valence-electron chi connectivity index (χ0n) is 18.8. The average molecular weight is 484 g/mol. The number of hydrogen-bond acceptors (Lipinski definition) is 9. The Balaban J connectivity index is 0.000000406. The molecule has 2 saturated heterocycles. The van der Waals surface area contributed by atoms with Crippen molar-refractivity contribution < 1.29 is 32.9 Å². The number of nitrogens with zero attached hydrogens (tertiary/aromatic N) is 6. The van der Waals surface area contributed by atoms with Gasteiger partial charge in [0.1, 0.15) is 24.1 Å². The third-order valence-corrected chi connectivity index (χ3v) is 5.24. The van der Waals surface area contributed by atoms with Crippen LogP contribution in [0.5, 0.6) is 5.88 Å². The van der Waals surface area contributed by atoms with Crippen molar-refractivity contribution in [3.05, 3.63) is 36.8 Å². The standard InChI is InChI=1S/C19H26N6O2.C2HF3O2/c1-23(2)9-14-7-15(26)10-25(14)18-8-17(21-13-22-18)24-11-16(12-24)27-19-5-3-4-6-20-19;3-2(4,5)1(6)7/h3-6,8,13-16,26H,7,9-12H2,1-2H3;(H,6,7)/t14-,15-;/m1./s1. The lowest BCUT2D eigenvalue weighted by molar-refractivity contribution is -0.192. The van der Waals surface area contributed by atoms with Crippen LogP contribution in [-0.4, -0.2) is 101 Å². The lowest BCUT2D eigenvalue weighted by Crippen LogP contribution is -2.54. The van der Waals surface area contributed by atoms with Crippen molar-refractivity contribution in [2.45, 2.75) is 30.8 Å². The van der Waals surface area contributed by atoms with Gasteiger partial charge in [-0.3, -0.25) is 0 Å². The summed E-state index contributed by atoms with van der Waals surface area (Å²) in [7, 11) is 4.10. The van der Waals surface area contributed by atoms with Gasteiger partial charge >= 0.3 is 12.1 Å². The van der Waals surface area contributed by atoms with Crippen molar-refractivity contribution >= 4 is 17.6 Å². The second-order valence-corrected chi connectivity index (χ2v) is 8.31. The van der Waals surface area contributed by atoms with Crippen LogP contribution in [0.15, 0.2) is 36.8 Å². The van der Waals surface area contributed by atoms with Gasteiger partial charge in [0.15, 0.2) is 0 Å². The van der Waals surface area contributed by atoms with E-state index in [1.807, 2.05) is 24.3 Å². The van der Waals surface area contributed by atoms with E-state index in [9.17, 15) is 18.3 Å². The minimum atomic E-state index is -5.08. The van der Waals surface area contributed by atoms with Crippen molar-refractivity contribution in [1.82, 2.24) is 19.9 Å². The number of β-amino-alcohol motifs (C(OH)–C–C–N with tert-alkyl or cyclic N) is 1. The van der Waals surface area contributed by atoms with E-state index in [1.165, 1.54) is 0 Å². The van der Waals surface area contributed by atoms with Crippen molar-refractivity contribution in [3.63, 3.8) is 0 Å². The summed E-state index contributed by atoms with van der Waals surface area (Å²) in [6.45, 7) is 3.05. The van der Waals surface area contributed by atoms with Crippen LogP contribution < -0.4 is 14.5 Å². The number of alkyl halides is 3. The van der Waals surface area contributed by atoms with E-state index in [4.69, 9.17) is 14.6 Å². The molecule has 2 N–H and O–H groups in total. The number of hydrogen-bond donors (Lipinski definition) is 2. The first-order valence-corrected chi connectivity index (χ1v) is 10.6. The van der Waals surface area contributed by atoms with Crippen molar-refractivity contribution in [2.75, 3.05) is 50.1 Å². The van der Waals surface area contributed by atoms with Crippen LogP contribution in [-0.2, 0) is 4.79 Å². The molecular weight excluding hydrogens is 457 g/mol. The van der Waals surface area contributed by atoms with E-state index in [-0.39, 0.29) is 18.2 Å². The number of aliphatic hydroxyl groups excluding tert-OH is 1. The van der Waals surface area contributed by atoms with E-state index < -0.39 is 12.1 Å². The summed E-state index contributed by atoms with van der Waals surface area (Å²) in [5.74, 6) is -0.334. The highest BCUT2D eigenvalue weighted by molar-refractivity contribution is 5.73. The molecule has 2 aromatic rings. The van der Waals surface area contributed by atoms with Crippen molar-refractivity contribution in [1.29, 1.82) is 0 Å². The highest BCUT2D eigenvalue weighted by Gasteiger charge is 2.38. The fourth-order valence-electron chi connectivity index (χ4n) is 3.72. The molecule has 0 aliphatic carbocycles. The van der Waals surface area contributed by atoms with Gasteiger partial charge in [0.2, 0.25) is 5.88 Å². The van der Waals surface area contributed by atoms with Gasteiger partial charge in [0, 0.05) is 37.5 Å². The molecule has 10 nitrogen and oxygen atoms in total. The van der Waals surface area contributed by atoms with Gasteiger partial charge in [0.25, 0.3) is 0 Å². The molecule has 2 aliphatic heterocycles. The fourth-order valence-corrected chi connectivity index (χ4v) is 3.72. The molecule has 0 radical (unpaired) electrons. The highest BCUT2D eigenvalue weighted by Crippen LogP contribution is 2.28. The molecule has 0 unspecified atom stereocenters. The van der Waals surface area contributed by atoms with E-state index in [1.54, 1.807) is 12.5 Å². The van der Waals surface area contributed by atoms with E-state index >= 15 is 0 Å². The maximum Gasteiger partial charge on any atom is 0.490 e. The number of carboxylic acid groups (broad SMARTS) is 1. The number of likely N-dealkylation sites (N-methyl/N-ethyl adjacent to an activating group) is 1. The zero-order chi connectivity index (χ0) is 24.9. The predicted octanol–water partition coefficient (Wildman–Crippen LogP) is 1.27. The number of pyridine rings is 1. The van der Waals surface area contributed by atoms with Crippen LogP contribution in [0.1, 0.15) is 6.42 Å². The fraction of sp³-hybridized carbons (Fsp3) is 0.524. The van der Waals surface area contributed by atoms with Gasteiger partial charge in [0.05, 0.1) is 19.2 Å². The number of carbonyl (C=O) groups is 1. The molecule has 2 fully saturated rings. The first-order chi connectivity index (χ1) is 16.0. The summed E-state index contributed by atoms with van der Waals surface area (Å²) < 4.78 is 37.6. The lowest BCUT2D eigenvalue weighted by atomic mass is 10.1. The largest absolute Gasteiger partial charge is 0.490 e. The van der Waals surface area contributed by atoms with Crippen LogP contribution in [0.4, 0.5) is 24.8 Å².